The van der Waals surface area contributed by atoms with E-state index in [2.05, 4.69) is 15.5 Å². The van der Waals surface area contributed by atoms with Crippen LogP contribution in [0.2, 0.25) is 0 Å². The van der Waals surface area contributed by atoms with Crippen molar-refractivity contribution in [3.63, 3.8) is 0 Å². The fourth-order valence-electron chi connectivity index (χ4n) is 3.57. The van der Waals surface area contributed by atoms with Gasteiger partial charge in [-0.05, 0) is 47.9 Å². The quantitative estimate of drug-likeness (QED) is 0.318. The lowest BCUT2D eigenvalue weighted by atomic mass is 10.1. The molecule has 5 rings (SSSR count). The average molecular weight is 471 g/mol. The summed E-state index contributed by atoms with van der Waals surface area (Å²) in [7, 11) is 0. The van der Waals surface area contributed by atoms with E-state index in [0.717, 1.165) is 16.5 Å². The molecule has 0 bridgehead atoms. The lowest BCUT2D eigenvalue weighted by Crippen LogP contribution is -2.14. The van der Waals surface area contributed by atoms with Crippen LogP contribution in [-0.2, 0) is 4.79 Å². The van der Waals surface area contributed by atoms with E-state index in [-0.39, 0.29) is 17.2 Å². The summed E-state index contributed by atoms with van der Waals surface area (Å²) in [5.41, 5.74) is 1.55. The lowest BCUT2D eigenvalue weighted by Gasteiger charge is -2.12. The van der Waals surface area contributed by atoms with Crippen molar-refractivity contribution in [3.05, 3.63) is 90.7 Å². The van der Waals surface area contributed by atoms with Crippen molar-refractivity contribution in [2.45, 2.75) is 5.16 Å². The van der Waals surface area contributed by atoms with Crippen LogP contribution in [0, 0.1) is 0 Å². The molecule has 34 heavy (non-hydrogen) atoms. The first kappa shape index (κ1) is 21.5. The lowest BCUT2D eigenvalue weighted by molar-refractivity contribution is -0.113. The van der Waals surface area contributed by atoms with Gasteiger partial charge in [0.05, 0.1) is 23.3 Å². The number of anilines is 1. The molecule has 3 aromatic carbocycles. The number of fused-ring (bicyclic) bond motifs is 1. The Bertz CT molecular complexity index is 1470. The van der Waals surface area contributed by atoms with Crippen LogP contribution < -0.4 is 5.32 Å². The normalized spacial score (nSPS) is 10.9. The molecular formula is C25H18N4O4S. The molecule has 0 radical (unpaired) electrons. The molecule has 0 saturated heterocycles. The highest BCUT2D eigenvalue weighted by molar-refractivity contribution is 7.99. The van der Waals surface area contributed by atoms with Crippen molar-refractivity contribution in [3.8, 4) is 17.3 Å². The molecule has 2 N–H and O–H groups in total. The maximum Gasteiger partial charge on any atom is 0.335 e. The minimum absolute atomic E-state index is 0.0851. The van der Waals surface area contributed by atoms with Crippen molar-refractivity contribution in [1.82, 2.24) is 14.8 Å². The van der Waals surface area contributed by atoms with Crippen molar-refractivity contribution in [2.75, 3.05) is 11.1 Å². The van der Waals surface area contributed by atoms with E-state index in [1.165, 1.54) is 23.9 Å². The molecule has 168 valence electrons. The largest absolute Gasteiger partial charge is 0.478 e. The van der Waals surface area contributed by atoms with E-state index < -0.39 is 5.97 Å². The summed E-state index contributed by atoms with van der Waals surface area (Å²) in [6.45, 7) is 0. The van der Waals surface area contributed by atoms with Crippen LogP contribution >= 0.6 is 11.8 Å². The van der Waals surface area contributed by atoms with Gasteiger partial charge in [0.15, 0.2) is 10.9 Å². The van der Waals surface area contributed by atoms with Crippen LogP contribution in [0.4, 0.5) is 5.69 Å². The SMILES string of the molecule is O=C(CSc1nnc(-c2ccco2)n1-c1cccc2ccccc12)Nc1ccc(C(=O)O)cc1. The molecular weight excluding hydrogens is 452 g/mol. The summed E-state index contributed by atoms with van der Waals surface area (Å²) in [6.07, 6.45) is 1.58. The zero-order valence-electron chi connectivity index (χ0n) is 17.7. The molecule has 0 unspecified atom stereocenters. The van der Waals surface area contributed by atoms with Crippen molar-refractivity contribution >= 4 is 40.1 Å². The first-order valence-electron chi connectivity index (χ1n) is 10.3. The third kappa shape index (κ3) is 4.28. The number of hydrogen-bond donors (Lipinski definition) is 2. The molecule has 2 aromatic heterocycles. The van der Waals surface area contributed by atoms with Gasteiger partial charge in [-0.1, -0.05) is 48.2 Å². The number of nitrogens with one attached hydrogen (secondary N) is 1. The van der Waals surface area contributed by atoms with E-state index in [1.54, 1.807) is 24.5 Å². The van der Waals surface area contributed by atoms with Crippen LogP contribution in [0.25, 0.3) is 28.0 Å². The van der Waals surface area contributed by atoms with E-state index in [1.807, 2.05) is 53.1 Å². The summed E-state index contributed by atoms with van der Waals surface area (Å²) >= 11 is 1.25. The number of nitrogens with zero attached hydrogens (tertiary/aromatic N) is 3. The smallest absolute Gasteiger partial charge is 0.335 e. The zero-order valence-corrected chi connectivity index (χ0v) is 18.5. The number of aromatic carboxylic acids is 1. The van der Waals surface area contributed by atoms with E-state index in [9.17, 15) is 9.59 Å². The van der Waals surface area contributed by atoms with Crippen LogP contribution in [0.15, 0.2) is 94.7 Å². The number of benzene rings is 3. The predicted molar refractivity (Wildman–Crippen MR) is 129 cm³/mol. The molecule has 8 nitrogen and oxygen atoms in total. The molecule has 0 fully saturated rings. The van der Waals surface area contributed by atoms with Gasteiger partial charge in [-0.25, -0.2) is 4.79 Å². The summed E-state index contributed by atoms with van der Waals surface area (Å²) in [6, 6.07) is 23.6. The molecule has 2 heterocycles. The number of carbonyl (C=O) groups is 2. The molecule has 0 aliphatic carbocycles. The number of carbonyl (C=O) groups excluding carboxylic acids is 1. The Labute approximate surface area is 198 Å². The van der Waals surface area contributed by atoms with Crippen LogP contribution in [0.1, 0.15) is 10.4 Å². The topological polar surface area (TPSA) is 110 Å². The van der Waals surface area contributed by atoms with Gasteiger partial charge < -0.3 is 14.8 Å². The van der Waals surface area contributed by atoms with Crippen LogP contribution in [0.3, 0.4) is 0 Å². The number of aromatic nitrogens is 3. The van der Waals surface area contributed by atoms with E-state index in [0.29, 0.717) is 22.4 Å². The van der Waals surface area contributed by atoms with Gasteiger partial charge in [-0.2, -0.15) is 0 Å². The first-order chi connectivity index (χ1) is 16.6. The Morgan fingerprint density at radius 3 is 2.50 bits per heavy atom. The second kappa shape index (κ2) is 9.24. The Morgan fingerprint density at radius 2 is 1.74 bits per heavy atom. The number of amides is 1. The number of carboxylic acids is 1. The number of thioether (sulfide) groups is 1. The van der Waals surface area contributed by atoms with Gasteiger partial charge in [0.2, 0.25) is 11.7 Å². The van der Waals surface area contributed by atoms with Gasteiger partial charge in [0.1, 0.15) is 0 Å². The van der Waals surface area contributed by atoms with Crippen molar-refractivity contribution in [1.29, 1.82) is 0 Å². The standard InChI is InChI=1S/C25H18N4O4S/c30-22(26-18-12-10-17(11-13-18)24(31)32)15-34-25-28-27-23(21-9-4-14-33-21)29(25)20-8-3-6-16-5-1-2-7-19(16)20/h1-14H,15H2,(H,26,30)(H,31,32). The van der Waals surface area contributed by atoms with E-state index in [4.69, 9.17) is 9.52 Å². The molecule has 9 heteroatoms. The van der Waals surface area contributed by atoms with Gasteiger partial charge in [-0.15, -0.1) is 10.2 Å². The second-order valence-corrected chi connectivity index (χ2v) is 8.28. The maximum absolute atomic E-state index is 12.6. The minimum Gasteiger partial charge on any atom is -0.478 e. The Morgan fingerprint density at radius 1 is 0.941 bits per heavy atom. The molecule has 0 spiro atoms. The molecule has 5 aromatic rings. The van der Waals surface area contributed by atoms with E-state index >= 15 is 0 Å². The zero-order chi connectivity index (χ0) is 23.5. The third-order valence-electron chi connectivity index (χ3n) is 5.13. The molecule has 1 amide bonds. The van der Waals surface area contributed by atoms with Crippen LogP contribution in [0.5, 0.6) is 0 Å². The first-order valence-corrected chi connectivity index (χ1v) is 11.3. The third-order valence-corrected chi connectivity index (χ3v) is 6.06. The average Bonchev–Trinajstić information content (AvgIpc) is 3.53. The molecule has 0 aliphatic heterocycles. The highest BCUT2D eigenvalue weighted by Crippen LogP contribution is 2.32. The highest BCUT2D eigenvalue weighted by atomic mass is 32.2. The minimum atomic E-state index is -1.02. The van der Waals surface area contributed by atoms with Crippen LogP contribution in [-0.4, -0.2) is 37.5 Å². The molecule has 0 aliphatic rings. The summed E-state index contributed by atoms with van der Waals surface area (Å²) in [5.74, 6) is -0.0840. The van der Waals surface area contributed by atoms with Crippen molar-refractivity contribution < 1.29 is 19.1 Å². The molecule has 0 saturated carbocycles. The summed E-state index contributed by atoms with van der Waals surface area (Å²) in [4.78, 5) is 23.6. The van der Waals surface area contributed by atoms with Gasteiger partial charge in [-0.3, -0.25) is 9.36 Å². The van der Waals surface area contributed by atoms with Gasteiger partial charge in [0, 0.05) is 11.1 Å². The fourth-order valence-corrected chi connectivity index (χ4v) is 4.32. The monoisotopic (exact) mass is 470 g/mol. The fraction of sp³-hybridized carbons (Fsp3) is 0.0400. The highest BCUT2D eigenvalue weighted by Gasteiger charge is 2.20. The molecule has 0 atom stereocenters. The van der Waals surface area contributed by atoms with Gasteiger partial charge in [0.25, 0.3) is 0 Å². The number of hydrogen-bond acceptors (Lipinski definition) is 6. The maximum atomic E-state index is 12.6. The Hall–Kier alpha value is -4.37. The van der Waals surface area contributed by atoms with Gasteiger partial charge >= 0.3 is 5.97 Å². The summed E-state index contributed by atoms with van der Waals surface area (Å²) in [5, 5.41) is 23.1. The predicted octanol–water partition coefficient (Wildman–Crippen LogP) is 5.11. The Kier molecular flexibility index (Phi) is 5.84. The second-order valence-electron chi connectivity index (χ2n) is 7.34. The summed E-state index contributed by atoms with van der Waals surface area (Å²) < 4.78 is 7.47. The number of rotatable bonds is 7. The van der Waals surface area contributed by atoms with Crippen molar-refractivity contribution in [2.24, 2.45) is 0 Å². The Balaban J connectivity index is 1.43. The number of carboxylic acid groups (broad SMARTS) is 1. The number of furan rings is 1.